The molecule has 1 amide bonds. The maximum Gasteiger partial charge on any atom is 0.251 e. The number of nitrogens with one attached hydrogen (secondary N) is 1. The Morgan fingerprint density at radius 3 is 2.48 bits per heavy atom. The normalized spacial score (nSPS) is 11.1. The van der Waals surface area contributed by atoms with E-state index in [0.717, 1.165) is 27.7 Å². The Labute approximate surface area is 193 Å². The maximum absolute atomic E-state index is 12.8. The molecule has 4 rings (SSSR count). The highest BCUT2D eigenvalue weighted by atomic mass is 16.5. The van der Waals surface area contributed by atoms with Gasteiger partial charge < -0.3 is 10.1 Å². The lowest BCUT2D eigenvalue weighted by molar-refractivity contribution is -0.115. The van der Waals surface area contributed by atoms with Gasteiger partial charge in [0.25, 0.3) is 5.91 Å². The van der Waals surface area contributed by atoms with Gasteiger partial charge in [0.1, 0.15) is 12.4 Å². The average Bonchev–Trinajstić information content (AvgIpc) is 2.87. The third-order valence-electron chi connectivity index (χ3n) is 5.09. The van der Waals surface area contributed by atoms with Gasteiger partial charge in [-0.2, -0.15) is 5.26 Å². The lowest BCUT2D eigenvalue weighted by Crippen LogP contribution is -2.25. The van der Waals surface area contributed by atoms with Crippen molar-refractivity contribution < 1.29 is 9.53 Å². The van der Waals surface area contributed by atoms with Crippen LogP contribution in [0.4, 0.5) is 0 Å². The van der Waals surface area contributed by atoms with Crippen molar-refractivity contribution in [3.8, 4) is 11.8 Å². The zero-order chi connectivity index (χ0) is 22.9. The standard InChI is InChI=1S/C28H23N3O2/c29-17-6-18-30-28(32)26(19-21-7-2-1-3-8-21)22-12-15-25(16-13-22)33-20-24-14-11-23-9-4-5-10-27(23)31-24/h1-5,7-16,19H,6,18,20H2,(H,30,32)/b26-19+. The van der Waals surface area contributed by atoms with Crippen LogP contribution in [0.1, 0.15) is 23.2 Å². The molecule has 0 saturated carbocycles. The maximum atomic E-state index is 12.8. The van der Waals surface area contributed by atoms with E-state index in [0.29, 0.717) is 24.5 Å². The van der Waals surface area contributed by atoms with Crippen LogP contribution in [0.5, 0.6) is 5.75 Å². The van der Waals surface area contributed by atoms with E-state index in [4.69, 9.17) is 10.00 Å². The second-order valence-corrected chi connectivity index (χ2v) is 7.44. The van der Waals surface area contributed by atoms with E-state index in [1.165, 1.54) is 0 Å². The smallest absolute Gasteiger partial charge is 0.251 e. The number of rotatable bonds is 8. The molecule has 4 aromatic rings. The molecular weight excluding hydrogens is 410 g/mol. The topological polar surface area (TPSA) is 75.0 Å². The first-order valence-electron chi connectivity index (χ1n) is 10.7. The summed E-state index contributed by atoms with van der Waals surface area (Å²) >= 11 is 0. The van der Waals surface area contributed by atoms with Crippen molar-refractivity contribution >= 4 is 28.5 Å². The summed E-state index contributed by atoms with van der Waals surface area (Å²) in [7, 11) is 0. The van der Waals surface area contributed by atoms with E-state index in [2.05, 4.69) is 10.3 Å². The molecule has 0 spiro atoms. The van der Waals surface area contributed by atoms with Crippen LogP contribution < -0.4 is 10.1 Å². The highest BCUT2D eigenvalue weighted by Gasteiger charge is 2.12. The number of nitriles is 1. The van der Waals surface area contributed by atoms with E-state index < -0.39 is 0 Å². The fourth-order valence-corrected chi connectivity index (χ4v) is 3.40. The van der Waals surface area contributed by atoms with Gasteiger partial charge in [0.2, 0.25) is 0 Å². The van der Waals surface area contributed by atoms with Gasteiger partial charge in [-0.25, -0.2) is 4.98 Å². The van der Waals surface area contributed by atoms with Crippen LogP contribution in [-0.2, 0) is 11.4 Å². The van der Waals surface area contributed by atoms with Crippen LogP contribution in [0.3, 0.4) is 0 Å². The Kier molecular flexibility index (Phi) is 7.09. The number of para-hydroxylation sites is 1. The Hall–Kier alpha value is -4.43. The van der Waals surface area contributed by atoms with Gasteiger partial charge in [-0.15, -0.1) is 0 Å². The van der Waals surface area contributed by atoms with Crippen molar-refractivity contribution in [2.45, 2.75) is 13.0 Å². The summed E-state index contributed by atoms with van der Waals surface area (Å²) in [5.74, 6) is 0.473. The predicted molar refractivity (Wildman–Crippen MR) is 130 cm³/mol. The van der Waals surface area contributed by atoms with Gasteiger partial charge in [0.05, 0.1) is 23.7 Å². The predicted octanol–water partition coefficient (Wildman–Crippen LogP) is 5.38. The second-order valence-electron chi connectivity index (χ2n) is 7.44. The SMILES string of the molecule is N#CCCNC(=O)/C(=C/c1ccccc1)c1ccc(OCc2ccc3ccccc3n2)cc1. The van der Waals surface area contributed by atoms with E-state index in [9.17, 15) is 4.79 Å². The molecule has 0 radical (unpaired) electrons. The van der Waals surface area contributed by atoms with Crippen LogP contribution in [0.2, 0.25) is 0 Å². The first-order chi connectivity index (χ1) is 16.2. The zero-order valence-electron chi connectivity index (χ0n) is 18.1. The molecule has 0 saturated heterocycles. The zero-order valence-corrected chi connectivity index (χ0v) is 18.1. The lowest BCUT2D eigenvalue weighted by Gasteiger charge is -2.11. The Balaban J connectivity index is 1.49. The number of ether oxygens (including phenoxy) is 1. The van der Waals surface area contributed by atoms with Gasteiger partial charge in [0.15, 0.2) is 0 Å². The molecule has 1 aromatic heterocycles. The van der Waals surface area contributed by atoms with Crippen molar-refractivity contribution in [3.63, 3.8) is 0 Å². The van der Waals surface area contributed by atoms with E-state index in [1.807, 2.05) is 103 Å². The highest BCUT2D eigenvalue weighted by Crippen LogP contribution is 2.23. The number of hydrogen-bond donors (Lipinski definition) is 1. The van der Waals surface area contributed by atoms with Gasteiger partial charge >= 0.3 is 0 Å². The van der Waals surface area contributed by atoms with Gasteiger partial charge in [-0.05, 0) is 41.5 Å². The summed E-state index contributed by atoms with van der Waals surface area (Å²) in [4.78, 5) is 17.4. The lowest BCUT2D eigenvalue weighted by atomic mass is 10.0. The molecule has 3 aromatic carbocycles. The molecule has 0 aliphatic carbocycles. The minimum absolute atomic E-state index is 0.219. The van der Waals surface area contributed by atoms with Gasteiger partial charge in [0, 0.05) is 17.5 Å². The second kappa shape index (κ2) is 10.7. The van der Waals surface area contributed by atoms with E-state index in [1.54, 1.807) is 0 Å². The molecule has 0 aliphatic heterocycles. The third kappa shape index (κ3) is 5.84. The highest BCUT2D eigenvalue weighted by molar-refractivity contribution is 6.24. The Morgan fingerprint density at radius 1 is 0.939 bits per heavy atom. The summed E-state index contributed by atoms with van der Waals surface area (Å²) in [5, 5.41) is 12.7. The van der Waals surface area contributed by atoms with E-state index >= 15 is 0 Å². The van der Waals surface area contributed by atoms with Crippen LogP contribution >= 0.6 is 0 Å². The molecule has 5 heteroatoms. The molecule has 0 aliphatic rings. The molecule has 5 nitrogen and oxygen atoms in total. The number of carbonyl (C=O) groups excluding carboxylic acids is 1. The van der Waals surface area contributed by atoms with Gasteiger partial charge in [-0.1, -0.05) is 66.7 Å². The van der Waals surface area contributed by atoms with Crippen molar-refractivity contribution in [1.82, 2.24) is 10.3 Å². The quantitative estimate of drug-likeness (QED) is 0.230. The summed E-state index contributed by atoms with van der Waals surface area (Å²) in [5.41, 5.74) is 4.00. The molecule has 33 heavy (non-hydrogen) atoms. The Bertz CT molecular complexity index is 1310. The van der Waals surface area contributed by atoms with Crippen LogP contribution in [0, 0.1) is 11.3 Å². The fraction of sp³-hybridized carbons (Fsp3) is 0.107. The van der Waals surface area contributed by atoms with E-state index in [-0.39, 0.29) is 12.3 Å². The molecule has 0 bridgehead atoms. The average molecular weight is 434 g/mol. The first-order valence-corrected chi connectivity index (χ1v) is 10.7. The largest absolute Gasteiger partial charge is 0.487 e. The number of nitrogens with zero attached hydrogens (tertiary/aromatic N) is 2. The minimum atomic E-state index is -0.219. The summed E-state index contributed by atoms with van der Waals surface area (Å²) in [6.07, 6.45) is 2.11. The van der Waals surface area contributed by atoms with Crippen molar-refractivity contribution in [1.29, 1.82) is 5.26 Å². The van der Waals surface area contributed by atoms with Crippen LogP contribution in [0.15, 0.2) is 91.0 Å². The number of fused-ring (bicyclic) bond motifs is 1. The molecule has 0 unspecified atom stereocenters. The molecule has 0 atom stereocenters. The van der Waals surface area contributed by atoms with Crippen molar-refractivity contribution in [2.75, 3.05) is 6.54 Å². The Morgan fingerprint density at radius 2 is 1.70 bits per heavy atom. The molecule has 1 heterocycles. The molecule has 162 valence electrons. The van der Waals surface area contributed by atoms with Crippen molar-refractivity contribution in [3.05, 3.63) is 108 Å². The van der Waals surface area contributed by atoms with Crippen LogP contribution in [-0.4, -0.2) is 17.4 Å². The summed E-state index contributed by atoms with van der Waals surface area (Å²) < 4.78 is 5.92. The molecule has 1 N–H and O–H groups in total. The number of carbonyl (C=O) groups is 1. The number of aromatic nitrogens is 1. The van der Waals surface area contributed by atoms with Crippen LogP contribution in [0.25, 0.3) is 22.6 Å². The number of hydrogen-bond acceptors (Lipinski definition) is 4. The first kappa shape index (κ1) is 21.8. The summed E-state index contributed by atoms with van der Waals surface area (Å²) in [6.45, 7) is 0.660. The number of benzene rings is 3. The van der Waals surface area contributed by atoms with Crippen molar-refractivity contribution in [2.24, 2.45) is 0 Å². The fourth-order valence-electron chi connectivity index (χ4n) is 3.40. The monoisotopic (exact) mass is 433 g/mol. The minimum Gasteiger partial charge on any atom is -0.487 e. The van der Waals surface area contributed by atoms with Gasteiger partial charge in [-0.3, -0.25) is 4.79 Å². The molecule has 0 fully saturated rings. The summed E-state index contributed by atoms with van der Waals surface area (Å²) in [6, 6.07) is 31.1. The number of pyridine rings is 1. The molecular formula is C28H23N3O2. The third-order valence-corrected chi connectivity index (χ3v) is 5.09. The number of amides is 1.